The van der Waals surface area contributed by atoms with E-state index < -0.39 is 0 Å². The molecule has 1 atom stereocenters. The van der Waals surface area contributed by atoms with Gasteiger partial charge in [-0.3, -0.25) is 4.79 Å². The number of nitrogens with zero attached hydrogens (tertiary/aromatic N) is 3. The van der Waals surface area contributed by atoms with Gasteiger partial charge < -0.3 is 9.42 Å². The van der Waals surface area contributed by atoms with Crippen LogP contribution < -0.4 is 0 Å². The summed E-state index contributed by atoms with van der Waals surface area (Å²) >= 11 is 0. The molecular weight excluding hydrogens is 290 g/mol. The molecule has 1 aliphatic heterocycles. The minimum absolute atomic E-state index is 0.153. The third-order valence-electron chi connectivity index (χ3n) is 4.13. The van der Waals surface area contributed by atoms with Gasteiger partial charge in [-0.1, -0.05) is 56.3 Å². The molecule has 2 heterocycles. The van der Waals surface area contributed by atoms with Gasteiger partial charge in [0.1, 0.15) is 6.04 Å². The smallest absolute Gasteiger partial charge is 0.254 e. The molecule has 122 valence electrons. The highest BCUT2D eigenvalue weighted by Gasteiger charge is 2.33. The molecule has 0 spiro atoms. The number of piperidine rings is 1. The van der Waals surface area contributed by atoms with Crippen LogP contribution in [0.1, 0.15) is 63.4 Å². The molecule has 5 heteroatoms. The molecule has 1 aromatic carbocycles. The van der Waals surface area contributed by atoms with Gasteiger partial charge in [-0.15, -0.1) is 0 Å². The molecule has 1 aliphatic rings. The first kappa shape index (κ1) is 15.7. The fourth-order valence-electron chi connectivity index (χ4n) is 2.84. The minimum Gasteiger partial charge on any atom is -0.337 e. The number of hydrogen-bond acceptors (Lipinski definition) is 4. The summed E-state index contributed by atoms with van der Waals surface area (Å²) in [7, 11) is 0. The zero-order valence-corrected chi connectivity index (χ0v) is 14.0. The van der Waals surface area contributed by atoms with Crippen molar-refractivity contribution in [2.75, 3.05) is 6.54 Å². The van der Waals surface area contributed by atoms with Gasteiger partial charge in [0.05, 0.1) is 0 Å². The Balaban J connectivity index is 2.01. The highest BCUT2D eigenvalue weighted by Crippen LogP contribution is 2.32. The van der Waals surface area contributed by atoms with Crippen molar-refractivity contribution in [3.63, 3.8) is 0 Å². The van der Waals surface area contributed by atoms with Crippen molar-refractivity contribution in [3.8, 4) is 0 Å². The molecule has 1 aromatic heterocycles. The van der Waals surface area contributed by atoms with Gasteiger partial charge in [-0.2, -0.15) is 4.98 Å². The van der Waals surface area contributed by atoms with Gasteiger partial charge in [-0.25, -0.2) is 0 Å². The predicted molar refractivity (Wildman–Crippen MR) is 86.8 cm³/mol. The second-order valence-corrected chi connectivity index (χ2v) is 7.06. The quantitative estimate of drug-likeness (QED) is 0.870. The van der Waals surface area contributed by atoms with E-state index in [1.165, 1.54) is 0 Å². The van der Waals surface area contributed by atoms with E-state index in [0.717, 1.165) is 24.9 Å². The molecule has 1 amide bonds. The highest BCUT2D eigenvalue weighted by atomic mass is 16.5. The van der Waals surface area contributed by atoms with Crippen molar-refractivity contribution < 1.29 is 9.32 Å². The van der Waals surface area contributed by atoms with Crippen molar-refractivity contribution in [1.82, 2.24) is 15.0 Å². The van der Waals surface area contributed by atoms with Gasteiger partial charge in [0.15, 0.2) is 5.82 Å². The molecule has 0 aliphatic carbocycles. The van der Waals surface area contributed by atoms with E-state index >= 15 is 0 Å². The topological polar surface area (TPSA) is 59.2 Å². The monoisotopic (exact) mass is 313 g/mol. The standard InChI is InChI=1S/C18H23N3O2/c1-18(2,3)17-19-16(23-20-17)15(13-9-5-4-6-10-13)21-12-8-7-11-14(21)22/h4-6,9-10,15H,7-8,11-12H2,1-3H3. The summed E-state index contributed by atoms with van der Waals surface area (Å²) in [6.45, 7) is 6.87. The Bertz CT molecular complexity index is 673. The van der Waals surface area contributed by atoms with Crippen LogP contribution >= 0.6 is 0 Å². The van der Waals surface area contributed by atoms with E-state index in [2.05, 4.69) is 10.1 Å². The van der Waals surface area contributed by atoms with Gasteiger partial charge in [0.2, 0.25) is 5.91 Å². The number of amides is 1. The predicted octanol–water partition coefficient (Wildman–Crippen LogP) is 3.47. The van der Waals surface area contributed by atoms with Crippen LogP contribution in [0, 0.1) is 0 Å². The lowest BCUT2D eigenvalue weighted by atomic mass is 9.96. The summed E-state index contributed by atoms with van der Waals surface area (Å²) in [4.78, 5) is 18.9. The molecule has 23 heavy (non-hydrogen) atoms. The molecule has 0 bridgehead atoms. The molecule has 1 unspecified atom stereocenters. The third-order valence-corrected chi connectivity index (χ3v) is 4.13. The maximum absolute atomic E-state index is 12.4. The fourth-order valence-corrected chi connectivity index (χ4v) is 2.84. The van der Waals surface area contributed by atoms with Crippen molar-refractivity contribution in [1.29, 1.82) is 0 Å². The Morgan fingerprint density at radius 1 is 1.17 bits per heavy atom. The Morgan fingerprint density at radius 3 is 2.52 bits per heavy atom. The summed E-state index contributed by atoms with van der Waals surface area (Å²) in [5.74, 6) is 1.31. The molecule has 1 saturated heterocycles. The molecule has 0 N–H and O–H groups in total. The highest BCUT2D eigenvalue weighted by molar-refractivity contribution is 5.77. The second-order valence-electron chi connectivity index (χ2n) is 7.06. The van der Waals surface area contributed by atoms with E-state index in [1.54, 1.807) is 0 Å². The second kappa shape index (κ2) is 6.14. The van der Waals surface area contributed by atoms with Crippen molar-refractivity contribution in [2.24, 2.45) is 0 Å². The average Bonchev–Trinajstić information content (AvgIpc) is 3.00. The van der Waals surface area contributed by atoms with E-state index in [1.807, 2.05) is 56.0 Å². The van der Waals surface area contributed by atoms with E-state index in [0.29, 0.717) is 18.1 Å². The van der Waals surface area contributed by atoms with Crippen LogP contribution in [-0.2, 0) is 10.2 Å². The van der Waals surface area contributed by atoms with Crippen LogP contribution in [0.5, 0.6) is 0 Å². The first-order valence-corrected chi connectivity index (χ1v) is 8.15. The van der Waals surface area contributed by atoms with Crippen LogP contribution in [0.15, 0.2) is 34.9 Å². The van der Waals surface area contributed by atoms with Crippen molar-refractivity contribution in [2.45, 2.75) is 51.5 Å². The van der Waals surface area contributed by atoms with Crippen LogP contribution in [0.2, 0.25) is 0 Å². The average molecular weight is 313 g/mol. The van der Waals surface area contributed by atoms with Crippen LogP contribution in [0.3, 0.4) is 0 Å². The first-order chi connectivity index (χ1) is 11.0. The van der Waals surface area contributed by atoms with Crippen LogP contribution in [0.25, 0.3) is 0 Å². The van der Waals surface area contributed by atoms with Crippen LogP contribution in [0.4, 0.5) is 0 Å². The lowest BCUT2D eigenvalue weighted by Gasteiger charge is -2.32. The Morgan fingerprint density at radius 2 is 1.91 bits per heavy atom. The number of carbonyl (C=O) groups is 1. The lowest BCUT2D eigenvalue weighted by Crippen LogP contribution is -2.39. The fraction of sp³-hybridized carbons (Fsp3) is 0.500. The summed E-state index contributed by atoms with van der Waals surface area (Å²) < 4.78 is 5.55. The number of carbonyl (C=O) groups excluding carboxylic acids is 1. The van der Waals surface area contributed by atoms with Gasteiger partial charge in [0.25, 0.3) is 5.89 Å². The Kier molecular flexibility index (Phi) is 4.20. The molecular formula is C18H23N3O2. The zero-order valence-electron chi connectivity index (χ0n) is 14.0. The van der Waals surface area contributed by atoms with Crippen LogP contribution in [-0.4, -0.2) is 27.5 Å². The number of hydrogen-bond donors (Lipinski definition) is 0. The number of benzene rings is 1. The maximum Gasteiger partial charge on any atom is 0.254 e. The summed E-state index contributed by atoms with van der Waals surface area (Å²) in [6, 6.07) is 9.62. The number of likely N-dealkylation sites (tertiary alicyclic amines) is 1. The summed E-state index contributed by atoms with van der Waals surface area (Å²) in [6.07, 6.45) is 2.55. The zero-order chi connectivity index (χ0) is 16.4. The van der Waals surface area contributed by atoms with Gasteiger partial charge in [0, 0.05) is 18.4 Å². The maximum atomic E-state index is 12.4. The Hall–Kier alpha value is -2.17. The molecule has 1 fully saturated rings. The largest absolute Gasteiger partial charge is 0.337 e. The molecule has 0 saturated carbocycles. The number of rotatable bonds is 3. The molecule has 0 radical (unpaired) electrons. The molecule has 5 nitrogen and oxygen atoms in total. The van der Waals surface area contributed by atoms with Crippen molar-refractivity contribution >= 4 is 5.91 Å². The Labute approximate surface area is 136 Å². The normalized spacial score (nSPS) is 17.3. The molecule has 2 aromatic rings. The third kappa shape index (κ3) is 3.28. The summed E-state index contributed by atoms with van der Waals surface area (Å²) in [5.41, 5.74) is 0.821. The minimum atomic E-state index is -0.299. The van der Waals surface area contributed by atoms with E-state index in [-0.39, 0.29) is 17.4 Å². The van der Waals surface area contributed by atoms with Gasteiger partial charge >= 0.3 is 0 Å². The lowest BCUT2D eigenvalue weighted by molar-refractivity contribution is -0.135. The molecule has 3 rings (SSSR count). The van der Waals surface area contributed by atoms with E-state index in [4.69, 9.17) is 4.52 Å². The van der Waals surface area contributed by atoms with Gasteiger partial charge in [-0.05, 0) is 18.4 Å². The van der Waals surface area contributed by atoms with Crippen molar-refractivity contribution in [3.05, 3.63) is 47.6 Å². The summed E-state index contributed by atoms with van der Waals surface area (Å²) in [5, 5.41) is 4.13. The number of aromatic nitrogens is 2. The SMILES string of the molecule is CC(C)(C)c1noc(C(c2ccccc2)N2CCCCC2=O)n1. The van der Waals surface area contributed by atoms with E-state index in [9.17, 15) is 4.79 Å². The first-order valence-electron chi connectivity index (χ1n) is 8.15.